The van der Waals surface area contributed by atoms with E-state index in [1.807, 2.05) is 105 Å². The molecule has 0 saturated carbocycles. The molecule has 1 fully saturated rings. The minimum absolute atomic E-state index is 0.0123. The van der Waals surface area contributed by atoms with Crippen LogP contribution in [-0.4, -0.2) is 41.4 Å². The summed E-state index contributed by atoms with van der Waals surface area (Å²) in [6, 6.07) is 23.4. The largest absolute Gasteiger partial charge is 0.491 e. The molecule has 3 aromatic carbocycles. The average Bonchev–Trinajstić information content (AvgIpc) is 2.89. The van der Waals surface area contributed by atoms with Crippen molar-refractivity contribution >= 4 is 23.3 Å². The van der Waals surface area contributed by atoms with E-state index in [9.17, 15) is 9.59 Å². The molecule has 0 radical (unpaired) electrons. The van der Waals surface area contributed by atoms with Crippen LogP contribution in [0.5, 0.6) is 11.5 Å². The lowest BCUT2D eigenvalue weighted by molar-refractivity contribution is -0.128. The van der Waals surface area contributed by atoms with Crippen molar-refractivity contribution in [3.63, 3.8) is 0 Å². The van der Waals surface area contributed by atoms with Gasteiger partial charge >= 0.3 is 0 Å². The first-order valence-electron chi connectivity index (χ1n) is 13.0. The van der Waals surface area contributed by atoms with Crippen molar-refractivity contribution < 1.29 is 19.1 Å². The van der Waals surface area contributed by atoms with Crippen LogP contribution in [-0.2, 0) is 4.79 Å². The number of ether oxygens (including phenoxy) is 2. The summed E-state index contributed by atoms with van der Waals surface area (Å²) in [6.07, 6.45) is 3.66. The number of likely N-dealkylation sites (tertiary alicyclic amines) is 1. The van der Waals surface area contributed by atoms with Gasteiger partial charge in [0.25, 0.3) is 5.91 Å². The van der Waals surface area contributed by atoms with Gasteiger partial charge in [-0.25, -0.2) is 0 Å². The van der Waals surface area contributed by atoms with Crippen molar-refractivity contribution in [2.24, 2.45) is 0 Å². The molecule has 5 nitrogen and oxygen atoms in total. The number of fused-ring (bicyclic) bond motifs is 1. The lowest BCUT2D eigenvalue weighted by Crippen LogP contribution is -2.52. The number of piperidine rings is 1. The minimum atomic E-state index is -0.543. The van der Waals surface area contributed by atoms with E-state index in [1.165, 1.54) is 0 Å². The second-order valence-electron chi connectivity index (χ2n) is 10.3. The highest BCUT2D eigenvalue weighted by Gasteiger charge is 2.44. The number of ketones is 1. The highest BCUT2D eigenvalue weighted by molar-refractivity contribution is 6.24. The Kier molecular flexibility index (Phi) is 6.88. The molecule has 3 aromatic rings. The van der Waals surface area contributed by atoms with Crippen molar-refractivity contribution in [3.05, 3.63) is 95.1 Å². The van der Waals surface area contributed by atoms with E-state index in [4.69, 9.17) is 9.47 Å². The number of rotatable bonds is 5. The summed E-state index contributed by atoms with van der Waals surface area (Å²) in [5.41, 5.74) is 3.64. The third-order valence-electron chi connectivity index (χ3n) is 7.08. The molecule has 190 valence electrons. The minimum Gasteiger partial charge on any atom is -0.491 e. The zero-order chi connectivity index (χ0) is 26.0. The molecule has 5 rings (SSSR count). The summed E-state index contributed by atoms with van der Waals surface area (Å²) >= 11 is 0. The van der Waals surface area contributed by atoms with E-state index < -0.39 is 5.60 Å². The maximum absolute atomic E-state index is 13.8. The lowest BCUT2D eigenvalue weighted by atomic mass is 9.82. The number of Topliss-reactive ketones (excluding diaryl/α,β-unsaturated/α-hetero) is 1. The number of hydrogen-bond donors (Lipinski definition) is 0. The molecule has 37 heavy (non-hydrogen) atoms. The van der Waals surface area contributed by atoms with Gasteiger partial charge in [0.15, 0.2) is 5.78 Å². The first kappa shape index (κ1) is 24.8. The van der Waals surface area contributed by atoms with Gasteiger partial charge in [-0.1, -0.05) is 54.1 Å². The molecule has 1 amide bonds. The third-order valence-corrected chi connectivity index (χ3v) is 7.08. The van der Waals surface area contributed by atoms with Crippen LogP contribution in [0.2, 0.25) is 0 Å². The fourth-order valence-electron chi connectivity index (χ4n) is 5.14. The molecule has 1 saturated heterocycles. The average molecular weight is 496 g/mol. The second kappa shape index (κ2) is 10.3. The molecule has 2 aliphatic rings. The molecule has 2 heterocycles. The van der Waals surface area contributed by atoms with Crippen LogP contribution in [0.25, 0.3) is 11.6 Å². The van der Waals surface area contributed by atoms with Crippen molar-refractivity contribution in [2.75, 3.05) is 13.1 Å². The fraction of sp³-hybridized carbons (Fsp3) is 0.312. The maximum Gasteiger partial charge on any atom is 0.254 e. The fourth-order valence-corrected chi connectivity index (χ4v) is 5.14. The van der Waals surface area contributed by atoms with Crippen LogP contribution in [0.4, 0.5) is 0 Å². The molecule has 2 aliphatic heterocycles. The molecule has 1 spiro atoms. The molecule has 5 heteroatoms. The van der Waals surface area contributed by atoms with Gasteiger partial charge < -0.3 is 14.4 Å². The van der Waals surface area contributed by atoms with Gasteiger partial charge in [-0.3, -0.25) is 9.59 Å². The quantitative estimate of drug-likeness (QED) is 0.306. The number of nitrogens with zero attached hydrogens (tertiary/aromatic N) is 1. The van der Waals surface area contributed by atoms with Gasteiger partial charge in [0.05, 0.1) is 18.1 Å². The van der Waals surface area contributed by atoms with E-state index >= 15 is 0 Å². The molecule has 0 aromatic heterocycles. The van der Waals surface area contributed by atoms with E-state index in [2.05, 4.69) is 0 Å². The SMILES string of the molecule is Cc1ccc2c(c1)C(=O)CC1(CCN(C(=O)/C(=C/c3ccc(OC(C)C)cc3)c3ccccc3)CC1)O2. The Morgan fingerprint density at radius 1 is 1.00 bits per heavy atom. The van der Waals surface area contributed by atoms with Crippen molar-refractivity contribution in [1.82, 2.24) is 4.90 Å². The number of amides is 1. The van der Waals surface area contributed by atoms with Crippen LogP contribution >= 0.6 is 0 Å². The van der Waals surface area contributed by atoms with Crippen molar-refractivity contribution in [2.45, 2.75) is 51.7 Å². The summed E-state index contributed by atoms with van der Waals surface area (Å²) in [7, 11) is 0. The molecule has 0 atom stereocenters. The van der Waals surface area contributed by atoms with Crippen LogP contribution in [0.1, 0.15) is 60.2 Å². The molecular weight excluding hydrogens is 462 g/mol. The van der Waals surface area contributed by atoms with Crippen molar-refractivity contribution in [1.29, 1.82) is 0 Å². The third kappa shape index (κ3) is 5.46. The van der Waals surface area contributed by atoms with Crippen LogP contribution in [0.15, 0.2) is 72.8 Å². The smallest absolute Gasteiger partial charge is 0.254 e. The summed E-state index contributed by atoms with van der Waals surface area (Å²) in [6.45, 7) is 7.05. The Balaban J connectivity index is 1.35. The zero-order valence-electron chi connectivity index (χ0n) is 21.7. The number of hydrogen-bond acceptors (Lipinski definition) is 4. The van der Waals surface area contributed by atoms with Gasteiger partial charge in [0.1, 0.15) is 17.1 Å². The normalized spacial score (nSPS) is 16.9. The van der Waals surface area contributed by atoms with Gasteiger partial charge in [-0.2, -0.15) is 0 Å². The Labute approximate surface area is 218 Å². The Hall–Kier alpha value is -3.86. The molecule has 0 aliphatic carbocycles. The predicted octanol–water partition coefficient (Wildman–Crippen LogP) is 6.35. The Morgan fingerprint density at radius 2 is 1.70 bits per heavy atom. The Morgan fingerprint density at radius 3 is 2.38 bits per heavy atom. The number of benzene rings is 3. The van der Waals surface area contributed by atoms with E-state index in [1.54, 1.807) is 0 Å². The zero-order valence-corrected chi connectivity index (χ0v) is 21.7. The summed E-state index contributed by atoms with van der Waals surface area (Å²) in [4.78, 5) is 28.6. The Bertz CT molecular complexity index is 1320. The maximum atomic E-state index is 13.8. The molecule has 0 N–H and O–H groups in total. The highest BCUT2D eigenvalue weighted by Crippen LogP contribution is 2.40. The van der Waals surface area contributed by atoms with Crippen molar-refractivity contribution in [3.8, 4) is 11.5 Å². The van der Waals surface area contributed by atoms with Gasteiger partial charge in [0, 0.05) is 31.5 Å². The first-order valence-corrected chi connectivity index (χ1v) is 13.0. The monoisotopic (exact) mass is 495 g/mol. The van der Waals surface area contributed by atoms with Gasteiger partial charge in [0.2, 0.25) is 0 Å². The molecule has 0 bridgehead atoms. The van der Waals surface area contributed by atoms with Gasteiger partial charge in [-0.05, 0) is 62.2 Å². The molecule has 0 unspecified atom stereocenters. The van der Waals surface area contributed by atoms with Crippen LogP contribution in [0.3, 0.4) is 0 Å². The van der Waals surface area contributed by atoms with E-state index in [-0.39, 0.29) is 17.8 Å². The van der Waals surface area contributed by atoms with Crippen LogP contribution < -0.4 is 9.47 Å². The summed E-state index contributed by atoms with van der Waals surface area (Å²) in [5, 5.41) is 0. The van der Waals surface area contributed by atoms with E-state index in [0.717, 1.165) is 22.4 Å². The van der Waals surface area contributed by atoms with Gasteiger partial charge in [-0.15, -0.1) is 0 Å². The van der Waals surface area contributed by atoms with E-state index in [0.29, 0.717) is 49.2 Å². The first-order chi connectivity index (χ1) is 17.8. The standard InChI is InChI=1S/C32H33NO4/c1-22(2)36-26-12-10-24(11-13-26)20-27(25-7-5-4-6-8-25)31(35)33-17-15-32(16-18-33)21-29(34)28-19-23(3)9-14-30(28)37-32/h4-14,19-20,22H,15-18,21H2,1-3H3/b27-20+. The topological polar surface area (TPSA) is 55.8 Å². The second-order valence-corrected chi connectivity index (χ2v) is 10.3. The van der Waals surface area contributed by atoms with Crippen LogP contribution in [0, 0.1) is 6.92 Å². The lowest BCUT2D eigenvalue weighted by Gasteiger charge is -2.44. The number of carbonyl (C=O) groups excluding carboxylic acids is 2. The summed E-state index contributed by atoms with van der Waals surface area (Å²) in [5.74, 6) is 1.58. The number of carbonyl (C=O) groups is 2. The number of aryl methyl sites for hydroxylation is 1. The summed E-state index contributed by atoms with van der Waals surface area (Å²) < 4.78 is 12.2. The molecular formula is C32H33NO4. The highest BCUT2D eigenvalue weighted by atomic mass is 16.5. The predicted molar refractivity (Wildman–Crippen MR) is 146 cm³/mol.